The van der Waals surface area contributed by atoms with Crippen molar-refractivity contribution in [2.24, 2.45) is 11.8 Å². The predicted octanol–water partition coefficient (Wildman–Crippen LogP) is 6.91. The van der Waals surface area contributed by atoms with Gasteiger partial charge in [0, 0.05) is 6.07 Å². The van der Waals surface area contributed by atoms with Gasteiger partial charge in [-0.05, 0) is 62.1 Å². The molecule has 0 N–H and O–H groups in total. The Bertz CT molecular complexity index is 615. The molecule has 2 heteroatoms. The highest BCUT2D eigenvalue weighted by Gasteiger charge is 2.18. The molecular formula is C24H33FO. The minimum Gasteiger partial charge on any atom is -0.493 e. The third-order valence-electron chi connectivity index (χ3n) is 5.20. The highest BCUT2D eigenvalue weighted by atomic mass is 19.1. The number of benzene rings is 1. The molecule has 1 aliphatic carbocycles. The van der Waals surface area contributed by atoms with Crippen molar-refractivity contribution in [3.05, 3.63) is 41.7 Å². The molecule has 0 atom stereocenters. The number of unbranched alkanes of at least 4 members (excludes halogenated alkanes) is 2. The van der Waals surface area contributed by atoms with E-state index >= 15 is 0 Å². The Kier molecular flexibility index (Phi) is 9.32. The summed E-state index contributed by atoms with van der Waals surface area (Å²) in [5, 5.41) is 0. The summed E-state index contributed by atoms with van der Waals surface area (Å²) in [5.74, 6) is 7.76. The van der Waals surface area contributed by atoms with Gasteiger partial charge in [0.25, 0.3) is 0 Å². The lowest BCUT2D eigenvalue weighted by Gasteiger charge is -2.26. The molecule has 0 amide bonds. The lowest BCUT2D eigenvalue weighted by atomic mass is 9.80. The zero-order valence-corrected chi connectivity index (χ0v) is 16.4. The molecule has 0 saturated heterocycles. The summed E-state index contributed by atoms with van der Waals surface area (Å²) in [4.78, 5) is 0. The van der Waals surface area contributed by atoms with Crippen LogP contribution >= 0.6 is 0 Å². The molecule has 0 aromatic heterocycles. The minimum atomic E-state index is -0.307. The third-order valence-corrected chi connectivity index (χ3v) is 5.20. The molecule has 0 radical (unpaired) electrons. The molecule has 1 aromatic rings. The van der Waals surface area contributed by atoms with Gasteiger partial charge in [-0.25, -0.2) is 4.39 Å². The molecule has 1 aliphatic rings. The van der Waals surface area contributed by atoms with E-state index in [4.69, 9.17) is 4.74 Å². The van der Waals surface area contributed by atoms with Crippen LogP contribution in [0, 0.1) is 29.5 Å². The van der Waals surface area contributed by atoms with E-state index in [0.29, 0.717) is 23.8 Å². The highest BCUT2D eigenvalue weighted by molar-refractivity contribution is 5.41. The number of allylic oxidation sites excluding steroid dienone is 2. The first-order chi connectivity index (χ1) is 12.7. The van der Waals surface area contributed by atoms with E-state index in [1.165, 1.54) is 44.6 Å². The summed E-state index contributed by atoms with van der Waals surface area (Å²) in [5.41, 5.74) is 0.433. The number of halogens is 1. The van der Waals surface area contributed by atoms with E-state index < -0.39 is 0 Å². The largest absolute Gasteiger partial charge is 0.493 e. The number of ether oxygens (including phenoxy) is 1. The Hall–Kier alpha value is -1.75. The average molecular weight is 357 g/mol. The molecule has 1 fully saturated rings. The maximum atomic E-state index is 14.1. The fraction of sp³-hybridized carbons (Fsp3) is 0.583. The van der Waals surface area contributed by atoms with Crippen molar-refractivity contribution >= 4 is 0 Å². The highest BCUT2D eigenvalue weighted by Crippen LogP contribution is 2.32. The van der Waals surface area contributed by atoms with Gasteiger partial charge in [-0.3, -0.25) is 0 Å². The van der Waals surface area contributed by atoms with E-state index in [1.807, 2.05) is 6.08 Å². The second-order valence-electron chi connectivity index (χ2n) is 7.40. The minimum absolute atomic E-state index is 0.307. The first-order valence-corrected chi connectivity index (χ1v) is 10.3. The summed E-state index contributed by atoms with van der Waals surface area (Å²) in [6.45, 7) is 5.06. The van der Waals surface area contributed by atoms with Crippen molar-refractivity contribution in [3.8, 4) is 17.6 Å². The molecule has 26 heavy (non-hydrogen) atoms. The van der Waals surface area contributed by atoms with Gasteiger partial charge in [-0.2, -0.15) is 0 Å². The standard InChI is InChI=1S/C24H33FO/c1-3-5-8-18-26-23-17-16-22(24(25)19-23)11-7-6-10-21-14-12-20(9-4-2)13-15-21/h6,10,16-17,19-21H,3-5,8-9,12-15,18H2,1-2H3. The molecular weight excluding hydrogens is 323 g/mol. The predicted molar refractivity (Wildman–Crippen MR) is 108 cm³/mol. The molecule has 0 bridgehead atoms. The summed E-state index contributed by atoms with van der Waals surface area (Å²) >= 11 is 0. The van der Waals surface area contributed by atoms with E-state index in [9.17, 15) is 4.39 Å². The van der Waals surface area contributed by atoms with E-state index in [2.05, 4.69) is 31.8 Å². The molecule has 0 aliphatic heterocycles. The van der Waals surface area contributed by atoms with Crippen molar-refractivity contribution in [1.29, 1.82) is 0 Å². The monoisotopic (exact) mass is 356 g/mol. The summed E-state index contributed by atoms with van der Waals surface area (Å²) < 4.78 is 19.7. The fourth-order valence-electron chi connectivity index (χ4n) is 3.61. The Balaban J connectivity index is 1.80. The topological polar surface area (TPSA) is 9.23 Å². The van der Waals surface area contributed by atoms with Gasteiger partial charge in [0.1, 0.15) is 11.6 Å². The SMILES string of the molecule is CCCCCOc1ccc(C#CC=CC2CCC(CCC)CC2)c(F)c1. The smallest absolute Gasteiger partial charge is 0.142 e. The summed E-state index contributed by atoms with van der Waals surface area (Å²) in [7, 11) is 0. The van der Waals surface area contributed by atoms with E-state index in [1.54, 1.807) is 12.1 Å². The summed E-state index contributed by atoms with van der Waals surface area (Å²) in [6.07, 6.45) is 15.3. The van der Waals surface area contributed by atoms with Crippen LogP contribution in [0.4, 0.5) is 4.39 Å². The summed E-state index contributed by atoms with van der Waals surface area (Å²) in [6, 6.07) is 4.95. The van der Waals surface area contributed by atoms with Crippen molar-refractivity contribution in [3.63, 3.8) is 0 Å². The molecule has 0 unspecified atom stereocenters. The number of hydrogen-bond acceptors (Lipinski definition) is 1. The fourth-order valence-corrected chi connectivity index (χ4v) is 3.61. The van der Waals surface area contributed by atoms with Crippen LogP contribution in [0.3, 0.4) is 0 Å². The zero-order chi connectivity index (χ0) is 18.6. The molecule has 0 heterocycles. The van der Waals surface area contributed by atoms with Crippen LogP contribution in [-0.4, -0.2) is 6.61 Å². The maximum Gasteiger partial charge on any atom is 0.142 e. The van der Waals surface area contributed by atoms with Crippen LogP contribution in [0.5, 0.6) is 5.75 Å². The van der Waals surface area contributed by atoms with Gasteiger partial charge in [-0.15, -0.1) is 0 Å². The molecule has 142 valence electrons. The molecule has 0 spiro atoms. The Labute approximate surface area is 159 Å². The first-order valence-electron chi connectivity index (χ1n) is 10.3. The van der Waals surface area contributed by atoms with E-state index in [0.717, 1.165) is 25.2 Å². The van der Waals surface area contributed by atoms with Crippen LogP contribution in [-0.2, 0) is 0 Å². The Morgan fingerprint density at radius 3 is 2.62 bits per heavy atom. The lowest BCUT2D eigenvalue weighted by Crippen LogP contribution is -2.12. The molecule has 1 aromatic carbocycles. The van der Waals surface area contributed by atoms with Crippen molar-refractivity contribution in [2.75, 3.05) is 6.61 Å². The average Bonchev–Trinajstić information content (AvgIpc) is 2.65. The van der Waals surface area contributed by atoms with Crippen molar-refractivity contribution in [1.82, 2.24) is 0 Å². The zero-order valence-electron chi connectivity index (χ0n) is 16.4. The van der Waals surface area contributed by atoms with Crippen LogP contribution in [0.15, 0.2) is 30.4 Å². The van der Waals surface area contributed by atoms with Gasteiger partial charge in [-0.1, -0.05) is 57.4 Å². The quantitative estimate of drug-likeness (QED) is 0.363. The van der Waals surface area contributed by atoms with Crippen molar-refractivity contribution < 1.29 is 9.13 Å². The maximum absolute atomic E-state index is 14.1. The number of rotatable bonds is 8. The van der Waals surface area contributed by atoms with Crippen LogP contribution in [0.2, 0.25) is 0 Å². The van der Waals surface area contributed by atoms with Crippen LogP contribution < -0.4 is 4.74 Å². The van der Waals surface area contributed by atoms with Crippen LogP contribution in [0.1, 0.15) is 77.2 Å². The third kappa shape index (κ3) is 7.24. The van der Waals surface area contributed by atoms with Crippen LogP contribution in [0.25, 0.3) is 0 Å². The van der Waals surface area contributed by atoms with Gasteiger partial charge < -0.3 is 4.74 Å². The van der Waals surface area contributed by atoms with Gasteiger partial charge in [0.05, 0.1) is 12.2 Å². The normalized spacial score (nSPS) is 20.0. The first kappa shape index (κ1) is 20.6. The van der Waals surface area contributed by atoms with Gasteiger partial charge >= 0.3 is 0 Å². The second-order valence-corrected chi connectivity index (χ2v) is 7.40. The lowest BCUT2D eigenvalue weighted by molar-refractivity contribution is 0.294. The van der Waals surface area contributed by atoms with Gasteiger partial charge in [0.15, 0.2) is 0 Å². The van der Waals surface area contributed by atoms with E-state index in [-0.39, 0.29) is 5.82 Å². The molecule has 1 nitrogen and oxygen atoms in total. The Morgan fingerprint density at radius 1 is 1.12 bits per heavy atom. The van der Waals surface area contributed by atoms with Gasteiger partial charge in [0.2, 0.25) is 0 Å². The number of hydrogen-bond donors (Lipinski definition) is 0. The molecule has 1 saturated carbocycles. The molecule has 2 rings (SSSR count). The Morgan fingerprint density at radius 2 is 1.92 bits per heavy atom. The van der Waals surface area contributed by atoms with Crippen molar-refractivity contribution in [2.45, 2.75) is 71.6 Å². The second kappa shape index (κ2) is 11.8.